The van der Waals surface area contributed by atoms with Crippen LogP contribution in [0.4, 0.5) is 0 Å². The highest BCUT2D eigenvalue weighted by Crippen LogP contribution is 2.32. The van der Waals surface area contributed by atoms with Gasteiger partial charge in [0.15, 0.2) is 0 Å². The van der Waals surface area contributed by atoms with Crippen LogP contribution in [-0.4, -0.2) is 19.6 Å². The third kappa shape index (κ3) is 3.17. The molecule has 21 heavy (non-hydrogen) atoms. The van der Waals surface area contributed by atoms with Gasteiger partial charge in [0.1, 0.15) is 16.4 Å². The fraction of sp³-hybridized carbons (Fsp3) is 0.733. The largest absolute Gasteiger partial charge is 0.465 e. The Labute approximate surface area is 126 Å². The monoisotopic (exact) mass is 315 g/mol. The SMILES string of the molecule is Cc1oc(C)c(S(=O)(=O)NC2CCCC(C)C2C)c1CO. The summed E-state index contributed by atoms with van der Waals surface area (Å²) in [4.78, 5) is 0.105. The molecule has 1 fully saturated rings. The molecule has 0 saturated heterocycles. The summed E-state index contributed by atoms with van der Waals surface area (Å²) in [5.41, 5.74) is 0.358. The number of hydrogen-bond donors (Lipinski definition) is 2. The van der Waals surface area contributed by atoms with Gasteiger partial charge in [-0.3, -0.25) is 0 Å². The van der Waals surface area contributed by atoms with Crippen molar-refractivity contribution in [3.05, 3.63) is 17.1 Å². The van der Waals surface area contributed by atoms with Crippen LogP contribution in [0, 0.1) is 25.7 Å². The fourth-order valence-electron chi connectivity index (χ4n) is 3.25. The van der Waals surface area contributed by atoms with E-state index in [0.29, 0.717) is 28.9 Å². The van der Waals surface area contributed by atoms with Crippen LogP contribution in [0.3, 0.4) is 0 Å². The molecular formula is C15H25NO4S. The number of sulfonamides is 1. The van der Waals surface area contributed by atoms with Crippen molar-refractivity contribution < 1.29 is 17.9 Å². The van der Waals surface area contributed by atoms with Gasteiger partial charge >= 0.3 is 0 Å². The Balaban J connectivity index is 2.31. The minimum atomic E-state index is -3.67. The van der Waals surface area contributed by atoms with E-state index < -0.39 is 10.0 Å². The van der Waals surface area contributed by atoms with Crippen LogP contribution in [-0.2, 0) is 16.6 Å². The molecule has 1 aromatic heterocycles. The third-order valence-corrected chi connectivity index (χ3v) is 6.45. The molecule has 1 aliphatic rings. The van der Waals surface area contributed by atoms with Gasteiger partial charge in [0.2, 0.25) is 10.0 Å². The van der Waals surface area contributed by atoms with Gasteiger partial charge in [0.05, 0.1) is 6.61 Å². The van der Waals surface area contributed by atoms with E-state index in [1.807, 2.05) is 0 Å². The maximum atomic E-state index is 12.7. The average molecular weight is 315 g/mol. The third-order valence-electron chi connectivity index (χ3n) is 4.77. The summed E-state index contributed by atoms with van der Waals surface area (Å²) in [6, 6.07) is -0.0556. The first-order chi connectivity index (χ1) is 9.77. The van der Waals surface area contributed by atoms with E-state index in [-0.39, 0.29) is 17.5 Å². The van der Waals surface area contributed by atoms with Crippen LogP contribution in [0.5, 0.6) is 0 Å². The lowest BCUT2D eigenvalue weighted by molar-refractivity contribution is 0.226. The second kappa shape index (κ2) is 6.10. The van der Waals surface area contributed by atoms with E-state index in [1.54, 1.807) is 13.8 Å². The number of rotatable bonds is 4. The average Bonchev–Trinajstić information content (AvgIpc) is 2.69. The van der Waals surface area contributed by atoms with Crippen molar-refractivity contribution >= 4 is 10.0 Å². The van der Waals surface area contributed by atoms with E-state index in [2.05, 4.69) is 18.6 Å². The summed E-state index contributed by atoms with van der Waals surface area (Å²) in [7, 11) is -3.67. The van der Waals surface area contributed by atoms with Gasteiger partial charge in [0, 0.05) is 11.6 Å². The predicted molar refractivity (Wildman–Crippen MR) is 80.4 cm³/mol. The molecule has 0 aliphatic heterocycles. The maximum Gasteiger partial charge on any atom is 0.244 e. The summed E-state index contributed by atoms with van der Waals surface area (Å²) in [5.74, 6) is 1.61. The minimum Gasteiger partial charge on any atom is -0.465 e. The molecule has 0 spiro atoms. The minimum absolute atomic E-state index is 0.0556. The van der Waals surface area contributed by atoms with Gasteiger partial charge in [0.25, 0.3) is 0 Å². The number of aryl methyl sites for hydroxylation is 2. The van der Waals surface area contributed by atoms with E-state index in [0.717, 1.165) is 19.3 Å². The van der Waals surface area contributed by atoms with Gasteiger partial charge in [-0.05, 0) is 32.1 Å². The Bertz CT molecular complexity index is 605. The van der Waals surface area contributed by atoms with Crippen molar-refractivity contribution in [1.82, 2.24) is 4.72 Å². The first kappa shape index (κ1) is 16.5. The van der Waals surface area contributed by atoms with Crippen LogP contribution in [0.2, 0.25) is 0 Å². The van der Waals surface area contributed by atoms with Crippen LogP contribution in [0.1, 0.15) is 50.2 Å². The molecular weight excluding hydrogens is 290 g/mol. The van der Waals surface area contributed by atoms with Crippen LogP contribution in [0.15, 0.2) is 9.31 Å². The van der Waals surface area contributed by atoms with Gasteiger partial charge < -0.3 is 9.52 Å². The van der Waals surface area contributed by atoms with Crippen LogP contribution in [0.25, 0.3) is 0 Å². The van der Waals surface area contributed by atoms with Crippen molar-refractivity contribution in [2.75, 3.05) is 0 Å². The lowest BCUT2D eigenvalue weighted by Gasteiger charge is -2.34. The number of aliphatic hydroxyl groups is 1. The molecule has 1 aliphatic carbocycles. The second-order valence-corrected chi connectivity index (χ2v) is 7.83. The van der Waals surface area contributed by atoms with E-state index in [9.17, 15) is 13.5 Å². The molecule has 3 unspecified atom stereocenters. The second-order valence-electron chi connectivity index (χ2n) is 6.18. The Morgan fingerprint density at radius 1 is 1.24 bits per heavy atom. The molecule has 2 rings (SSSR count). The van der Waals surface area contributed by atoms with E-state index >= 15 is 0 Å². The van der Waals surface area contributed by atoms with Crippen molar-refractivity contribution in [3.8, 4) is 0 Å². The summed E-state index contributed by atoms with van der Waals surface area (Å²) in [6.07, 6.45) is 3.04. The van der Waals surface area contributed by atoms with Gasteiger partial charge in [-0.15, -0.1) is 0 Å². The molecule has 0 aromatic carbocycles. The Hall–Kier alpha value is -0.850. The number of nitrogens with one attached hydrogen (secondary N) is 1. The fourth-order valence-corrected chi connectivity index (χ4v) is 5.05. The predicted octanol–water partition coefficient (Wildman–Crippen LogP) is 2.49. The summed E-state index contributed by atoms with van der Waals surface area (Å²) < 4.78 is 33.6. The molecule has 6 heteroatoms. The molecule has 0 radical (unpaired) electrons. The number of hydrogen-bond acceptors (Lipinski definition) is 4. The molecule has 1 aromatic rings. The first-order valence-electron chi connectivity index (χ1n) is 7.50. The molecule has 5 nitrogen and oxygen atoms in total. The smallest absolute Gasteiger partial charge is 0.244 e. The standard InChI is InChI=1S/C15H25NO4S/c1-9-6-5-7-14(10(9)2)16-21(18,19)15-12(4)20-11(3)13(15)8-17/h9-10,14,16-17H,5-8H2,1-4H3. The Morgan fingerprint density at radius 3 is 2.52 bits per heavy atom. The van der Waals surface area contributed by atoms with Crippen molar-refractivity contribution in [2.24, 2.45) is 11.8 Å². The summed E-state index contributed by atoms with van der Waals surface area (Å²) in [6.45, 7) is 7.21. The van der Waals surface area contributed by atoms with E-state index in [1.165, 1.54) is 0 Å². The molecule has 1 saturated carbocycles. The Morgan fingerprint density at radius 2 is 1.90 bits per heavy atom. The number of furan rings is 1. The van der Waals surface area contributed by atoms with Crippen LogP contribution >= 0.6 is 0 Å². The van der Waals surface area contributed by atoms with Crippen molar-refractivity contribution in [2.45, 2.75) is 64.5 Å². The summed E-state index contributed by atoms with van der Waals surface area (Å²) in [5, 5.41) is 9.42. The number of aliphatic hydroxyl groups excluding tert-OH is 1. The highest BCUT2D eigenvalue weighted by atomic mass is 32.2. The normalized spacial score (nSPS) is 27.0. The molecule has 2 N–H and O–H groups in total. The van der Waals surface area contributed by atoms with Crippen molar-refractivity contribution in [1.29, 1.82) is 0 Å². The topological polar surface area (TPSA) is 79.5 Å². The van der Waals surface area contributed by atoms with Gasteiger partial charge in [-0.2, -0.15) is 0 Å². The zero-order chi connectivity index (χ0) is 15.8. The van der Waals surface area contributed by atoms with Gasteiger partial charge in [-0.1, -0.05) is 26.7 Å². The van der Waals surface area contributed by atoms with E-state index in [4.69, 9.17) is 4.42 Å². The van der Waals surface area contributed by atoms with Gasteiger partial charge in [-0.25, -0.2) is 13.1 Å². The lowest BCUT2D eigenvalue weighted by Crippen LogP contribution is -2.43. The molecule has 1 heterocycles. The zero-order valence-corrected chi connectivity index (χ0v) is 14.0. The van der Waals surface area contributed by atoms with Crippen molar-refractivity contribution in [3.63, 3.8) is 0 Å². The quantitative estimate of drug-likeness (QED) is 0.894. The molecule has 3 atom stereocenters. The lowest BCUT2D eigenvalue weighted by atomic mass is 9.78. The molecule has 0 bridgehead atoms. The first-order valence-corrected chi connectivity index (χ1v) is 8.98. The summed E-state index contributed by atoms with van der Waals surface area (Å²) >= 11 is 0. The zero-order valence-electron chi connectivity index (χ0n) is 13.1. The van der Waals surface area contributed by atoms with Crippen LogP contribution < -0.4 is 4.72 Å². The highest BCUT2D eigenvalue weighted by Gasteiger charge is 2.33. The Kier molecular flexibility index (Phi) is 4.80. The molecule has 120 valence electrons. The maximum absolute atomic E-state index is 12.7. The molecule has 0 amide bonds. The highest BCUT2D eigenvalue weighted by molar-refractivity contribution is 7.89.